The molecule has 1 aromatic rings. The van der Waals surface area contributed by atoms with Gasteiger partial charge in [-0.3, -0.25) is 0 Å². The van der Waals surface area contributed by atoms with E-state index >= 15 is 0 Å². The normalized spacial score (nSPS) is 15.2. The van der Waals surface area contributed by atoms with E-state index in [4.69, 9.17) is 4.74 Å². The number of hydrogen-bond donors (Lipinski definition) is 2. The highest BCUT2D eigenvalue weighted by atomic mass is 19.3. The molecule has 0 spiro atoms. The molecule has 0 aromatic heterocycles. The maximum absolute atomic E-state index is 12.2. The second-order valence-electron chi connectivity index (χ2n) is 5.26. The third kappa shape index (κ3) is 4.88. The lowest BCUT2D eigenvalue weighted by Crippen LogP contribution is -2.36. The van der Waals surface area contributed by atoms with Crippen molar-refractivity contribution < 1.29 is 18.3 Å². The molecule has 6 heteroatoms. The summed E-state index contributed by atoms with van der Waals surface area (Å²) in [6.45, 7) is 1.11. The van der Waals surface area contributed by atoms with Gasteiger partial charge in [0.05, 0.1) is 0 Å². The third-order valence-corrected chi connectivity index (χ3v) is 3.50. The molecule has 1 aliphatic carbocycles. The Balaban J connectivity index is 1.92. The van der Waals surface area contributed by atoms with E-state index in [1.54, 1.807) is 25.1 Å². The predicted octanol–water partition coefficient (Wildman–Crippen LogP) is 3.70. The highest BCUT2D eigenvalue weighted by Gasteiger charge is 2.17. The summed E-state index contributed by atoms with van der Waals surface area (Å²) < 4.78 is 29.4. The Morgan fingerprint density at radius 2 is 2.10 bits per heavy atom. The highest BCUT2D eigenvalue weighted by molar-refractivity contribution is 5.89. The van der Waals surface area contributed by atoms with Crippen LogP contribution >= 0.6 is 0 Å². The van der Waals surface area contributed by atoms with Gasteiger partial charge in [-0.1, -0.05) is 18.9 Å². The van der Waals surface area contributed by atoms with E-state index in [1.807, 2.05) is 0 Å². The lowest BCUT2D eigenvalue weighted by molar-refractivity contribution is 0.0816. The molecule has 0 aliphatic heterocycles. The van der Waals surface area contributed by atoms with Crippen LogP contribution in [0, 0.1) is 6.92 Å². The number of carbonyl (C=O) groups is 1. The lowest BCUT2D eigenvalue weighted by atomic mass is 10.2. The van der Waals surface area contributed by atoms with Gasteiger partial charge in [-0.2, -0.15) is 0 Å². The maximum atomic E-state index is 12.2. The van der Waals surface area contributed by atoms with Gasteiger partial charge in [-0.15, -0.1) is 0 Å². The van der Waals surface area contributed by atoms with Crippen LogP contribution in [0.1, 0.15) is 31.2 Å². The molecule has 1 saturated carbocycles. The zero-order chi connectivity index (χ0) is 15.2. The minimum atomic E-state index is -2.52. The molecular weight excluding hydrogens is 278 g/mol. The van der Waals surface area contributed by atoms with Crippen LogP contribution < -0.4 is 15.4 Å². The van der Waals surface area contributed by atoms with Gasteiger partial charge in [0, 0.05) is 17.8 Å². The maximum Gasteiger partial charge on any atom is 0.319 e. The minimum absolute atomic E-state index is 0.227. The predicted molar refractivity (Wildman–Crippen MR) is 77.1 cm³/mol. The number of alkyl halides is 2. The van der Waals surface area contributed by atoms with E-state index in [0.717, 1.165) is 31.2 Å². The number of halogens is 2. The molecular formula is C15H20F2N2O2. The molecule has 116 valence electrons. The van der Waals surface area contributed by atoms with Crippen LogP contribution in [0.2, 0.25) is 0 Å². The Bertz CT molecular complexity index is 489. The average molecular weight is 298 g/mol. The summed E-state index contributed by atoms with van der Waals surface area (Å²) in [7, 11) is 0. The molecule has 2 rings (SSSR count). The van der Waals surface area contributed by atoms with Crippen molar-refractivity contribution >= 4 is 11.7 Å². The van der Waals surface area contributed by atoms with Crippen LogP contribution in [-0.2, 0) is 0 Å². The Hall–Kier alpha value is -1.85. The first-order valence-corrected chi connectivity index (χ1v) is 7.13. The number of hydrogen-bond acceptors (Lipinski definition) is 2. The van der Waals surface area contributed by atoms with Crippen LogP contribution in [-0.4, -0.2) is 25.1 Å². The van der Waals surface area contributed by atoms with Gasteiger partial charge in [0.15, 0.2) is 0 Å². The number of urea groups is 1. The molecule has 0 saturated heterocycles. The SMILES string of the molecule is Cc1ccc(NC(=O)NC2CCCC2)cc1OCC(F)F. The molecule has 0 bridgehead atoms. The number of aryl methyl sites for hydroxylation is 1. The van der Waals surface area contributed by atoms with Gasteiger partial charge in [0.25, 0.3) is 6.43 Å². The zero-order valence-corrected chi connectivity index (χ0v) is 12.0. The Labute approximate surface area is 122 Å². The van der Waals surface area contributed by atoms with Crippen molar-refractivity contribution in [1.82, 2.24) is 5.32 Å². The third-order valence-electron chi connectivity index (χ3n) is 3.50. The number of ether oxygens (including phenoxy) is 1. The number of carbonyl (C=O) groups excluding carboxylic acids is 1. The molecule has 4 nitrogen and oxygen atoms in total. The Morgan fingerprint density at radius 1 is 1.38 bits per heavy atom. The van der Waals surface area contributed by atoms with Crippen molar-refractivity contribution in [3.05, 3.63) is 23.8 Å². The fraction of sp³-hybridized carbons (Fsp3) is 0.533. The summed E-state index contributed by atoms with van der Waals surface area (Å²) in [5.41, 5.74) is 1.28. The van der Waals surface area contributed by atoms with Gasteiger partial charge >= 0.3 is 6.03 Å². The summed E-state index contributed by atoms with van der Waals surface area (Å²) in [4.78, 5) is 11.8. The van der Waals surface area contributed by atoms with Crippen LogP contribution in [0.25, 0.3) is 0 Å². The van der Waals surface area contributed by atoms with Crippen LogP contribution in [0.15, 0.2) is 18.2 Å². The van der Waals surface area contributed by atoms with Gasteiger partial charge in [-0.05, 0) is 31.4 Å². The van der Waals surface area contributed by atoms with Crippen LogP contribution in [0.4, 0.5) is 19.3 Å². The summed E-state index contributed by atoms with van der Waals surface area (Å²) in [6, 6.07) is 4.96. The molecule has 0 heterocycles. The topological polar surface area (TPSA) is 50.4 Å². The van der Waals surface area contributed by atoms with Crippen LogP contribution in [0.5, 0.6) is 5.75 Å². The Kier molecular flexibility index (Phi) is 5.36. The first kappa shape index (κ1) is 15.5. The fourth-order valence-corrected chi connectivity index (χ4v) is 2.41. The van der Waals surface area contributed by atoms with Gasteiger partial charge in [-0.25, -0.2) is 13.6 Å². The highest BCUT2D eigenvalue weighted by Crippen LogP contribution is 2.23. The quantitative estimate of drug-likeness (QED) is 0.870. The second-order valence-corrected chi connectivity index (χ2v) is 5.26. The summed E-state index contributed by atoms with van der Waals surface area (Å²) >= 11 is 0. The molecule has 0 radical (unpaired) electrons. The van der Waals surface area contributed by atoms with Crippen molar-refractivity contribution in [2.24, 2.45) is 0 Å². The first-order chi connectivity index (χ1) is 10.0. The molecule has 1 fully saturated rings. The summed E-state index contributed by atoms with van der Waals surface area (Å²) in [5.74, 6) is 0.356. The van der Waals surface area contributed by atoms with Crippen molar-refractivity contribution in [1.29, 1.82) is 0 Å². The van der Waals surface area contributed by atoms with Crippen molar-refractivity contribution in [3.63, 3.8) is 0 Å². The molecule has 0 atom stereocenters. The molecule has 1 aromatic carbocycles. The largest absolute Gasteiger partial charge is 0.487 e. The van der Waals surface area contributed by atoms with Crippen LogP contribution in [0.3, 0.4) is 0 Å². The van der Waals surface area contributed by atoms with E-state index in [0.29, 0.717) is 11.4 Å². The molecule has 0 unspecified atom stereocenters. The molecule has 21 heavy (non-hydrogen) atoms. The minimum Gasteiger partial charge on any atom is -0.487 e. The van der Waals surface area contributed by atoms with Gasteiger partial charge in [0.1, 0.15) is 12.4 Å². The van der Waals surface area contributed by atoms with E-state index in [-0.39, 0.29) is 12.1 Å². The van der Waals surface area contributed by atoms with E-state index < -0.39 is 13.0 Å². The standard InChI is InChI=1S/C15H20F2N2O2/c1-10-6-7-12(8-13(10)21-9-14(16)17)19-15(20)18-11-4-2-3-5-11/h6-8,11,14H,2-5,9H2,1H3,(H2,18,19,20). The van der Waals surface area contributed by atoms with Crippen molar-refractivity contribution in [2.75, 3.05) is 11.9 Å². The number of benzene rings is 1. The van der Waals surface area contributed by atoms with E-state index in [1.165, 1.54) is 0 Å². The van der Waals surface area contributed by atoms with Gasteiger partial charge < -0.3 is 15.4 Å². The Morgan fingerprint density at radius 3 is 2.76 bits per heavy atom. The lowest BCUT2D eigenvalue weighted by Gasteiger charge is -2.14. The molecule has 1 aliphatic rings. The monoisotopic (exact) mass is 298 g/mol. The average Bonchev–Trinajstić information content (AvgIpc) is 2.92. The fourth-order valence-electron chi connectivity index (χ4n) is 2.41. The number of amides is 2. The summed E-state index contributed by atoms with van der Waals surface area (Å²) in [6.07, 6.45) is 1.77. The second kappa shape index (κ2) is 7.24. The zero-order valence-electron chi connectivity index (χ0n) is 12.0. The number of rotatable bonds is 5. The summed E-state index contributed by atoms with van der Waals surface area (Å²) in [5, 5.41) is 5.61. The smallest absolute Gasteiger partial charge is 0.319 e. The van der Waals surface area contributed by atoms with Crippen molar-refractivity contribution in [3.8, 4) is 5.75 Å². The number of anilines is 1. The van der Waals surface area contributed by atoms with Crippen molar-refractivity contribution in [2.45, 2.75) is 45.1 Å². The van der Waals surface area contributed by atoms with Gasteiger partial charge in [0.2, 0.25) is 0 Å². The van der Waals surface area contributed by atoms with E-state index in [9.17, 15) is 13.6 Å². The number of nitrogens with one attached hydrogen (secondary N) is 2. The molecule has 2 N–H and O–H groups in total. The molecule has 2 amide bonds. The van der Waals surface area contributed by atoms with E-state index in [2.05, 4.69) is 10.6 Å². The first-order valence-electron chi connectivity index (χ1n) is 7.13.